The molecule has 1 N–H and O–H groups in total. The fourth-order valence-electron chi connectivity index (χ4n) is 1.88. The summed E-state index contributed by atoms with van der Waals surface area (Å²) >= 11 is 3.30. The Morgan fingerprint density at radius 1 is 1.24 bits per heavy atom. The van der Waals surface area contributed by atoms with Gasteiger partial charge in [-0.25, -0.2) is 8.42 Å². The van der Waals surface area contributed by atoms with Crippen LogP contribution in [0.25, 0.3) is 0 Å². The van der Waals surface area contributed by atoms with Gasteiger partial charge in [0.1, 0.15) is 4.90 Å². The zero-order chi connectivity index (χ0) is 15.6. The number of sulfonamides is 1. The Bertz CT molecular complexity index is 761. The maximum absolute atomic E-state index is 12.5. The maximum Gasteiger partial charge on any atom is 0.263 e. The second-order valence-corrected chi connectivity index (χ2v) is 7.33. The lowest BCUT2D eigenvalue weighted by molar-refractivity contribution is 0.600. The average molecular weight is 370 g/mol. The molecule has 2 rings (SSSR count). The summed E-state index contributed by atoms with van der Waals surface area (Å²) in [6.07, 6.45) is 3.11. The lowest BCUT2D eigenvalue weighted by Gasteiger charge is -2.18. The third-order valence-corrected chi connectivity index (χ3v) is 5.24. The molecule has 1 aromatic carbocycles. The summed E-state index contributed by atoms with van der Waals surface area (Å²) in [4.78, 5) is 6.00. The highest BCUT2D eigenvalue weighted by molar-refractivity contribution is 9.10. The van der Waals surface area contributed by atoms with Crippen molar-refractivity contribution in [2.45, 2.75) is 11.8 Å². The topological polar surface area (TPSA) is 62.3 Å². The lowest BCUT2D eigenvalue weighted by atomic mass is 10.2. The Morgan fingerprint density at radius 2 is 1.95 bits per heavy atom. The summed E-state index contributed by atoms with van der Waals surface area (Å²) in [5, 5.41) is 0. The van der Waals surface area contributed by atoms with Crippen LogP contribution in [0, 0.1) is 6.92 Å². The van der Waals surface area contributed by atoms with E-state index in [1.165, 1.54) is 6.20 Å². The van der Waals surface area contributed by atoms with Gasteiger partial charge in [-0.2, -0.15) is 0 Å². The first-order valence-electron chi connectivity index (χ1n) is 6.21. The van der Waals surface area contributed by atoms with Crippen molar-refractivity contribution in [3.63, 3.8) is 0 Å². The van der Waals surface area contributed by atoms with E-state index >= 15 is 0 Å². The summed E-state index contributed by atoms with van der Waals surface area (Å²) < 4.78 is 28.2. The number of rotatable bonds is 4. The number of aromatic nitrogens is 1. The molecular weight excluding hydrogens is 354 g/mol. The van der Waals surface area contributed by atoms with E-state index in [0.29, 0.717) is 10.2 Å². The van der Waals surface area contributed by atoms with Gasteiger partial charge >= 0.3 is 0 Å². The molecule has 0 atom stereocenters. The van der Waals surface area contributed by atoms with Gasteiger partial charge in [0, 0.05) is 24.8 Å². The maximum atomic E-state index is 12.5. The van der Waals surface area contributed by atoms with Crippen LogP contribution in [0.15, 0.2) is 46.0 Å². The predicted molar refractivity (Wildman–Crippen MR) is 88.3 cm³/mol. The van der Waals surface area contributed by atoms with Crippen LogP contribution in [0.2, 0.25) is 0 Å². The van der Waals surface area contributed by atoms with Crippen molar-refractivity contribution in [2.24, 2.45) is 0 Å². The molecule has 0 amide bonds. The summed E-state index contributed by atoms with van der Waals surface area (Å²) in [7, 11) is 0.00405. The molecule has 1 aromatic heterocycles. The van der Waals surface area contributed by atoms with Crippen molar-refractivity contribution in [3.8, 4) is 0 Å². The number of nitrogens with one attached hydrogen (secondary N) is 1. The van der Waals surface area contributed by atoms with Crippen LogP contribution in [0.4, 0.5) is 11.4 Å². The summed E-state index contributed by atoms with van der Waals surface area (Å²) in [6, 6.07) is 6.86. The molecular formula is C14H16BrN3O2S. The van der Waals surface area contributed by atoms with Crippen molar-refractivity contribution < 1.29 is 8.42 Å². The number of pyridine rings is 1. The number of anilines is 2. The van der Waals surface area contributed by atoms with Crippen LogP contribution in [0.5, 0.6) is 0 Å². The van der Waals surface area contributed by atoms with Gasteiger partial charge in [-0.3, -0.25) is 9.71 Å². The Balaban J connectivity index is 2.43. The normalized spacial score (nSPS) is 11.2. The third kappa shape index (κ3) is 3.54. The van der Waals surface area contributed by atoms with Gasteiger partial charge in [0.2, 0.25) is 0 Å². The monoisotopic (exact) mass is 369 g/mol. The van der Waals surface area contributed by atoms with E-state index in [4.69, 9.17) is 0 Å². The quantitative estimate of drug-likeness (QED) is 0.899. The van der Waals surface area contributed by atoms with Crippen molar-refractivity contribution in [3.05, 3.63) is 46.7 Å². The van der Waals surface area contributed by atoms with Crippen LogP contribution in [0.1, 0.15) is 5.56 Å². The summed E-state index contributed by atoms with van der Waals surface area (Å²) in [5.41, 5.74) is 2.17. The molecule has 2 aromatic rings. The SMILES string of the molecule is Cc1ccc(S(=O)(=O)Nc2cnccc2N(C)C)c(Br)c1. The first kappa shape index (κ1) is 15.8. The van der Waals surface area contributed by atoms with E-state index in [1.54, 1.807) is 30.5 Å². The molecule has 0 aliphatic heterocycles. The fourth-order valence-corrected chi connectivity index (χ4v) is 4.13. The van der Waals surface area contributed by atoms with E-state index in [9.17, 15) is 8.42 Å². The average Bonchev–Trinajstić information content (AvgIpc) is 2.37. The van der Waals surface area contributed by atoms with Crippen LogP contribution in [0.3, 0.4) is 0 Å². The molecule has 0 radical (unpaired) electrons. The Hall–Kier alpha value is -1.60. The van der Waals surface area contributed by atoms with Crippen LogP contribution in [-0.2, 0) is 10.0 Å². The predicted octanol–water partition coefficient (Wildman–Crippen LogP) is 3.02. The number of halogens is 1. The number of nitrogens with zero attached hydrogens (tertiary/aromatic N) is 2. The van der Waals surface area contributed by atoms with Crippen molar-refractivity contribution >= 4 is 37.3 Å². The number of hydrogen-bond acceptors (Lipinski definition) is 4. The summed E-state index contributed by atoms with van der Waals surface area (Å²) in [6.45, 7) is 1.90. The van der Waals surface area contributed by atoms with Gasteiger partial charge in [0.15, 0.2) is 0 Å². The summed E-state index contributed by atoms with van der Waals surface area (Å²) in [5.74, 6) is 0. The molecule has 0 saturated heterocycles. The van der Waals surface area contributed by atoms with Gasteiger partial charge in [0.25, 0.3) is 10.0 Å². The van der Waals surface area contributed by atoms with Gasteiger partial charge in [-0.15, -0.1) is 0 Å². The highest BCUT2D eigenvalue weighted by Gasteiger charge is 2.19. The fraction of sp³-hybridized carbons (Fsp3) is 0.214. The molecule has 0 fully saturated rings. The molecule has 1 heterocycles. The molecule has 0 aliphatic rings. The molecule has 0 saturated carbocycles. The molecule has 0 unspecified atom stereocenters. The first-order valence-corrected chi connectivity index (χ1v) is 8.49. The van der Waals surface area contributed by atoms with Crippen LogP contribution >= 0.6 is 15.9 Å². The highest BCUT2D eigenvalue weighted by atomic mass is 79.9. The smallest absolute Gasteiger partial charge is 0.263 e. The van der Waals surface area contributed by atoms with E-state index < -0.39 is 10.0 Å². The zero-order valence-corrected chi connectivity index (χ0v) is 14.4. The Labute approximate surface area is 133 Å². The third-order valence-electron chi connectivity index (χ3n) is 2.90. The number of aryl methyl sites for hydroxylation is 1. The van der Waals surface area contributed by atoms with E-state index in [-0.39, 0.29) is 4.90 Å². The Morgan fingerprint density at radius 3 is 2.57 bits per heavy atom. The van der Waals surface area contributed by atoms with Gasteiger partial charge < -0.3 is 4.90 Å². The molecule has 0 spiro atoms. The standard InChI is InChI=1S/C14H16BrN3O2S/c1-10-4-5-14(11(15)8-10)21(19,20)17-12-9-16-7-6-13(12)18(2)3/h4-9,17H,1-3H3. The molecule has 0 aliphatic carbocycles. The number of hydrogen-bond donors (Lipinski definition) is 1. The van der Waals surface area contributed by atoms with Gasteiger partial charge in [-0.05, 0) is 46.6 Å². The molecule has 112 valence electrons. The minimum Gasteiger partial charge on any atom is -0.376 e. The highest BCUT2D eigenvalue weighted by Crippen LogP contribution is 2.28. The van der Waals surface area contributed by atoms with E-state index in [0.717, 1.165) is 11.3 Å². The van der Waals surface area contributed by atoms with Gasteiger partial charge in [-0.1, -0.05) is 6.07 Å². The largest absolute Gasteiger partial charge is 0.376 e. The first-order chi connectivity index (χ1) is 9.81. The second-order valence-electron chi connectivity index (χ2n) is 4.83. The van der Waals surface area contributed by atoms with Crippen molar-refractivity contribution in [1.29, 1.82) is 0 Å². The minimum absolute atomic E-state index is 0.196. The number of benzene rings is 1. The van der Waals surface area contributed by atoms with E-state index in [2.05, 4.69) is 25.6 Å². The van der Waals surface area contributed by atoms with Crippen LogP contribution < -0.4 is 9.62 Å². The van der Waals surface area contributed by atoms with Crippen LogP contribution in [-0.4, -0.2) is 27.5 Å². The molecule has 7 heteroatoms. The van der Waals surface area contributed by atoms with E-state index in [1.807, 2.05) is 25.9 Å². The zero-order valence-electron chi connectivity index (χ0n) is 12.0. The molecule has 21 heavy (non-hydrogen) atoms. The molecule has 5 nitrogen and oxygen atoms in total. The van der Waals surface area contributed by atoms with Gasteiger partial charge in [0.05, 0.1) is 17.6 Å². The second kappa shape index (κ2) is 6.03. The molecule has 0 bridgehead atoms. The van der Waals surface area contributed by atoms with Crippen molar-refractivity contribution in [1.82, 2.24) is 4.98 Å². The Kier molecular flexibility index (Phi) is 4.53. The van der Waals surface area contributed by atoms with Crippen molar-refractivity contribution in [2.75, 3.05) is 23.7 Å². The minimum atomic E-state index is -3.68. The lowest BCUT2D eigenvalue weighted by Crippen LogP contribution is -2.17.